The van der Waals surface area contributed by atoms with Gasteiger partial charge in [0.1, 0.15) is 11.0 Å². The number of benzene rings is 3. The van der Waals surface area contributed by atoms with E-state index in [9.17, 15) is 0 Å². The van der Waals surface area contributed by atoms with Gasteiger partial charge in [-0.2, -0.15) is 8.75 Å². The van der Waals surface area contributed by atoms with Crippen LogP contribution in [0.4, 0.5) is 28.9 Å². The van der Waals surface area contributed by atoms with E-state index in [4.69, 9.17) is 8.75 Å². The van der Waals surface area contributed by atoms with Crippen molar-refractivity contribution in [3.05, 3.63) is 83.9 Å². The average molecular weight is 893 g/mol. The number of fused-ring (bicyclic) bond motifs is 2. The number of aromatic nitrogens is 2. The molecule has 3 aromatic carbocycles. The molecule has 3 aromatic heterocycles. The number of halogens is 4. The molecule has 0 atom stereocenters. The smallest absolute Gasteiger partial charge is 0.273 e. The lowest BCUT2D eigenvalue weighted by atomic mass is 9.99. The Labute approximate surface area is 369 Å². The first kappa shape index (κ1) is 44.6. The molecule has 1 aliphatic rings. The molecule has 320 valence electrons. The number of rotatable bonds is 24. The van der Waals surface area contributed by atoms with Crippen molar-refractivity contribution in [1.29, 1.82) is 0 Å². The van der Waals surface area contributed by atoms with Gasteiger partial charge in [-0.25, -0.2) is 17.6 Å². The third-order valence-corrected chi connectivity index (χ3v) is 15.0. The summed E-state index contributed by atoms with van der Waals surface area (Å²) >= 11 is 5.75. The first-order valence-corrected chi connectivity index (χ1v) is 25.1. The largest absolute Gasteiger partial charge is 0.309 e. The molecule has 2 N–H and O–H groups in total. The van der Waals surface area contributed by atoms with E-state index in [1.807, 2.05) is 12.1 Å². The standard InChI is InChI=1S/C48H56F4N4S4/c1-3-5-7-9-11-13-15-17-31-47(49,50)35-23-19-33(20-24-35)37-27-29-39(57-37)41-43-45(55-59-53-43)42(46-44(41)54-60-56-46)40-30-28-38(58-40)34-21-25-36(26-22-34)48(51,52)32-18-16-14-12-10-8-6-4-2/h19-30,53,55H,3-18,31-32H2,1-2H3. The summed E-state index contributed by atoms with van der Waals surface area (Å²) in [5.41, 5.74) is 7.22. The van der Waals surface area contributed by atoms with Crippen LogP contribution in [0.2, 0.25) is 0 Å². The van der Waals surface area contributed by atoms with E-state index in [1.165, 1.54) is 75.2 Å². The number of thiophene rings is 2. The normalized spacial score (nSPS) is 12.9. The van der Waals surface area contributed by atoms with Gasteiger partial charge in [0, 0.05) is 54.6 Å². The molecule has 0 aliphatic carbocycles. The summed E-state index contributed by atoms with van der Waals surface area (Å²) in [5.74, 6) is -5.69. The van der Waals surface area contributed by atoms with Crippen LogP contribution in [0.3, 0.4) is 0 Å². The Morgan fingerprint density at radius 3 is 1.18 bits per heavy atom. The fourth-order valence-electron chi connectivity index (χ4n) is 8.08. The van der Waals surface area contributed by atoms with Crippen LogP contribution in [-0.4, -0.2) is 8.75 Å². The molecule has 0 saturated heterocycles. The second-order valence-corrected chi connectivity index (χ2v) is 19.4. The minimum absolute atomic E-state index is 0.0709. The highest BCUT2D eigenvalue weighted by Crippen LogP contribution is 2.54. The maximum absolute atomic E-state index is 15.2. The molecule has 0 spiro atoms. The SMILES string of the molecule is CCCCCCCCCCC(F)(F)c1ccc(-c2ccc(-c3c4c(c(-c5ccc(-c6ccc(C(F)(F)CCCCCCCCCC)cc6)s5)c5nsnc35)NSN4)s2)cc1. The molecule has 0 radical (unpaired) electrons. The Kier molecular flexibility index (Phi) is 15.7. The first-order valence-electron chi connectivity index (χ1n) is 21.9. The van der Waals surface area contributed by atoms with E-state index in [1.54, 1.807) is 71.2 Å². The van der Waals surface area contributed by atoms with Crippen molar-refractivity contribution in [2.24, 2.45) is 0 Å². The van der Waals surface area contributed by atoms with Gasteiger partial charge in [0.05, 0.1) is 35.2 Å². The third-order valence-electron chi connectivity index (χ3n) is 11.6. The highest BCUT2D eigenvalue weighted by Gasteiger charge is 2.33. The van der Waals surface area contributed by atoms with Gasteiger partial charge in [-0.1, -0.05) is 152 Å². The quantitative estimate of drug-likeness (QED) is 0.0360. The Morgan fingerprint density at radius 2 is 0.800 bits per heavy atom. The third kappa shape index (κ3) is 10.8. The molecule has 0 bridgehead atoms. The number of hydrogen-bond acceptors (Lipinski definition) is 8. The molecule has 4 heterocycles. The molecule has 0 unspecified atom stereocenters. The van der Waals surface area contributed by atoms with Gasteiger partial charge in [0.15, 0.2) is 0 Å². The summed E-state index contributed by atoms with van der Waals surface area (Å²) in [4.78, 5) is 3.96. The summed E-state index contributed by atoms with van der Waals surface area (Å²) in [6, 6.07) is 21.7. The van der Waals surface area contributed by atoms with Crippen molar-refractivity contribution in [1.82, 2.24) is 8.75 Å². The summed E-state index contributed by atoms with van der Waals surface area (Å²) in [6.45, 7) is 4.40. The number of alkyl halides is 4. The predicted octanol–water partition coefficient (Wildman–Crippen LogP) is 18.1. The van der Waals surface area contributed by atoms with Crippen LogP contribution < -0.4 is 9.44 Å². The van der Waals surface area contributed by atoms with Crippen LogP contribution in [0.1, 0.15) is 141 Å². The van der Waals surface area contributed by atoms with Crippen molar-refractivity contribution in [3.63, 3.8) is 0 Å². The highest BCUT2D eigenvalue weighted by molar-refractivity contribution is 8.02. The van der Waals surface area contributed by atoms with Gasteiger partial charge in [0.2, 0.25) is 0 Å². The lowest BCUT2D eigenvalue weighted by Crippen LogP contribution is -2.13. The van der Waals surface area contributed by atoms with Crippen LogP contribution in [-0.2, 0) is 11.8 Å². The van der Waals surface area contributed by atoms with Gasteiger partial charge in [-0.3, -0.25) is 0 Å². The summed E-state index contributed by atoms with van der Waals surface area (Å²) in [5, 5.41) is 0. The van der Waals surface area contributed by atoms with Gasteiger partial charge in [-0.15, -0.1) is 22.7 Å². The van der Waals surface area contributed by atoms with E-state index in [2.05, 4.69) is 35.4 Å². The zero-order valence-electron chi connectivity index (χ0n) is 34.7. The van der Waals surface area contributed by atoms with Gasteiger partial charge in [-0.05, 0) is 48.2 Å². The summed E-state index contributed by atoms with van der Waals surface area (Å²) in [7, 11) is 0. The van der Waals surface area contributed by atoms with Crippen molar-refractivity contribution in [2.45, 2.75) is 141 Å². The van der Waals surface area contributed by atoms with Crippen molar-refractivity contribution < 1.29 is 17.6 Å². The Morgan fingerprint density at radius 1 is 0.450 bits per heavy atom. The number of hydrogen-bond donors (Lipinski definition) is 2. The van der Waals surface area contributed by atoms with Gasteiger partial charge >= 0.3 is 0 Å². The molecule has 0 saturated carbocycles. The monoisotopic (exact) mass is 892 g/mol. The fourth-order valence-corrected chi connectivity index (χ4v) is 11.4. The van der Waals surface area contributed by atoms with E-state index in [-0.39, 0.29) is 24.0 Å². The highest BCUT2D eigenvalue weighted by atomic mass is 32.2. The van der Waals surface area contributed by atoms with Crippen LogP contribution in [0.5, 0.6) is 0 Å². The van der Waals surface area contributed by atoms with Crippen LogP contribution in [0.25, 0.3) is 52.8 Å². The van der Waals surface area contributed by atoms with Crippen molar-refractivity contribution >= 4 is 68.9 Å². The molecule has 0 fully saturated rings. The van der Waals surface area contributed by atoms with Crippen molar-refractivity contribution in [3.8, 4) is 41.8 Å². The zero-order chi connectivity index (χ0) is 42.0. The van der Waals surface area contributed by atoms with E-state index < -0.39 is 11.8 Å². The van der Waals surface area contributed by atoms with Gasteiger partial charge < -0.3 is 9.44 Å². The number of anilines is 2. The Hall–Kier alpha value is -3.45. The van der Waals surface area contributed by atoms with Crippen molar-refractivity contribution in [2.75, 3.05) is 9.44 Å². The van der Waals surface area contributed by atoms with Crippen LogP contribution in [0.15, 0.2) is 72.8 Å². The molecule has 0 amide bonds. The second kappa shape index (κ2) is 21.1. The maximum atomic E-state index is 15.2. The lowest BCUT2D eigenvalue weighted by molar-refractivity contribution is -0.0163. The molecule has 6 aromatic rings. The molecule has 7 rings (SSSR count). The zero-order valence-corrected chi connectivity index (χ0v) is 38.0. The Balaban J connectivity index is 1.03. The summed E-state index contributed by atoms with van der Waals surface area (Å²) in [6.07, 6.45) is 16.6. The minimum Gasteiger partial charge on any atom is -0.309 e. The second-order valence-electron chi connectivity index (χ2n) is 16.1. The van der Waals surface area contributed by atoms with E-state index in [0.717, 1.165) is 103 Å². The first-order chi connectivity index (χ1) is 29.2. The number of nitrogens with one attached hydrogen (secondary N) is 2. The average Bonchev–Trinajstić information content (AvgIpc) is 4.10. The predicted molar refractivity (Wildman–Crippen MR) is 252 cm³/mol. The number of nitrogens with zero attached hydrogens (tertiary/aromatic N) is 2. The topological polar surface area (TPSA) is 49.8 Å². The van der Waals surface area contributed by atoms with Crippen LogP contribution in [0, 0.1) is 0 Å². The Bertz CT molecular complexity index is 2110. The molecule has 60 heavy (non-hydrogen) atoms. The molecule has 12 heteroatoms. The maximum Gasteiger partial charge on any atom is 0.273 e. The van der Waals surface area contributed by atoms with E-state index in [0.29, 0.717) is 12.8 Å². The molecular weight excluding hydrogens is 837 g/mol. The summed E-state index contributed by atoms with van der Waals surface area (Å²) < 4.78 is 77.2. The van der Waals surface area contributed by atoms with E-state index >= 15 is 17.6 Å². The van der Waals surface area contributed by atoms with Crippen LogP contribution >= 0.6 is 46.5 Å². The molecular formula is C48H56F4N4S4. The lowest BCUT2D eigenvalue weighted by Gasteiger charge is -2.17. The number of unbranched alkanes of at least 4 members (excludes halogenated alkanes) is 14. The minimum atomic E-state index is -2.85. The molecule has 1 aliphatic heterocycles. The fraction of sp³-hybridized carbons (Fsp3) is 0.458. The molecule has 4 nitrogen and oxygen atoms in total. The van der Waals surface area contributed by atoms with Gasteiger partial charge in [0.25, 0.3) is 11.8 Å².